The summed E-state index contributed by atoms with van der Waals surface area (Å²) in [7, 11) is 0. The topological polar surface area (TPSA) is 124 Å². The Hall–Kier alpha value is -1.41. The number of cyclic esters (lactones) is 1. The Bertz CT molecular complexity index is 337. The fourth-order valence-electron chi connectivity index (χ4n) is 1.08. The van der Waals surface area contributed by atoms with Crippen molar-refractivity contribution in [3.05, 3.63) is 11.5 Å². The maximum Gasteiger partial charge on any atom is 0.377 e. The van der Waals surface area contributed by atoms with E-state index in [1.807, 2.05) is 0 Å². The van der Waals surface area contributed by atoms with Crippen LogP contribution in [0.3, 0.4) is 0 Å². The second kappa shape index (κ2) is 5.08. The van der Waals surface area contributed by atoms with Gasteiger partial charge in [-0.25, -0.2) is 4.79 Å². The van der Waals surface area contributed by atoms with Crippen LogP contribution in [0.5, 0.6) is 0 Å². The molecular weight excluding hydrogens is 240 g/mol. The summed E-state index contributed by atoms with van der Waals surface area (Å²) < 4.78 is 4.48. The first-order valence-corrected chi connectivity index (χ1v) is 5.39. The van der Waals surface area contributed by atoms with E-state index in [-0.39, 0.29) is 11.5 Å². The van der Waals surface area contributed by atoms with Crippen molar-refractivity contribution in [1.29, 1.82) is 0 Å². The minimum atomic E-state index is -1.33. The number of hydrogen-bond donors (Lipinski definition) is 4. The molecule has 1 heterocycles. The van der Waals surface area contributed by atoms with Gasteiger partial charge < -0.3 is 25.2 Å². The zero-order valence-electron chi connectivity index (χ0n) is 7.99. The first kappa shape index (κ1) is 12.7. The highest BCUT2D eigenvalue weighted by atomic mass is 32.2. The van der Waals surface area contributed by atoms with Crippen LogP contribution in [0, 0.1) is 0 Å². The number of carboxylic acids is 1. The summed E-state index contributed by atoms with van der Waals surface area (Å²) in [6.45, 7) is 0. The van der Waals surface area contributed by atoms with Gasteiger partial charge in [0.25, 0.3) is 0 Å². The highest BCUT2D eigenvalue weighted by Crippen LogP contribution is 2.23. The summed E-state index contributed by atoms with van der Waals surface area (Å²) in [5, 5.41) is 36.0. The number of esters is 1. The van der Waals surface area contributed by atoms with E-state index in [1.165, 1.54) is 0 Å². The van der Waals surface area contributed by atoms with Crippen LogP contribution in [0.15, 0.2) is 11.5 Å². The van der Waals surface area contributed by atoms with E-state index in [0.717, 1.165) is 11.8 Å². The molecule has 1 aliphatic rings. The molecule has 0 amide bonds. The van der Waals surface area contributed by atoms with Gasteiger partial charge in [-0.3, -0.25) is 4.79 Å². The normalized spacial score (nSPS) is 22.1. The number of aliphatic hydroxyl groups excluding tert-OH is 3. The third-order valence-corrected chi connectivity index (χ3v) is 2.83. The minimum absolute atomic E-state index is 0.0401. The van der Waals surface area contributed by atoms with Crippen molar-refractivity contribution in [2.75, 3.05) is 11.5 Å². The largest absolute Gasteiger partial charge is 0.505 e. The first-order valence-electron chi connectivity index (χ1n) is 4.24. The van der Waals surface area contributed by atoms with Crippen molar-refractivity contribution in [2.24, 2.45) is 0 Å². The Morgan fingerprint density at radius 1 is 1.50 bits per heavy atom. The fourth-order valence-corrected chi connectivity index (χ4v) is 1.79. The Labute approximate surface area is 94.3 Å². The van der Waals surface area contributed by atoms with Crippen LogP contribution >= 0.6 is 11.8 Å². The lowest BCUT2D eigenvalue weighted by Gasteiger charge is -2.16. The second-order valence-electron chi connectivity index (χ2n) is 3.04. The predicted octanol–water partition coefficient (Wildman–Crippen LogP) is -0.582. The molecule has 4 N–H and O–H groups in total. The predicted molar refractivity (Wildman–Crippen MR) is 53.1 cm³/mol. The molecule has 0 aromatic rings. The highest BCUT2D eigenvalue weighted by Gasteiger charge is 2.39. The lowest BCUT2D eigenvalue weighted by atomic mass is 10.2. The monoisotopic (exact) mass is 250 g/mol. The van der Waals surface area contributed by atoms with Gasteiger partial charge in [-0.2, -0.15) is 0 Å². The zero-order chi connectivity index (χ0) is 12.3. The van der Waals surface area contributed by atoms with Crippen molar-refractivity contribution in [3.8, 4) is 0 Å². The molecule has 0 fully saturated rings. The molecule has 0 aliphatic carbocycles. The molecule has 90 valence electrons. The fraction of sp³-hybridized carbons (Fsp3) is 0.500. The number of carbonyl (C=O) groups excluding carboxylic acids is 1. The van der Waals surface area contributed by atoms with Crippen LogP contribution in [0.1, 0.15) is 0 Å². The lowest BCUT2D eigenvalue weighted by Crippen LogP contribution is -2.31. The van der Waals surface area contributed by atoms with E-state index in [9.17, 15) is 19.8 Å². The molecule has 0 radical (unpaired) electrons. The molecule has 7 nitrogen and oxygen atoms in total. The van der Waals surface area contributed by atoms with E-state index in [0.29, 0.717) is 0 Å². The Morgan fingerprint density at radius 3 is 2.56 bits per heavy atom. The Balaban J connectivity index is 2.47. The standard InChI is InChI=1S/C8H10O7S/c9-3(1-16-2-4(10)11)7-5(12)6(13)8(14)15-7/h3,7,9,12-13H,1-2H2,(H,10,11). The van der Waals surface area contributed by atoms with Gasteiger partial charge in [-0.15, -0.1) is 11.8 Å². The molecule has 0 aromatic carbocycles. The molecule has 8 heteroatoms. The summed E-state index contributed by atoms with van der Waals surface area (Å²) in [4.78, 5) is 21.0. The van der Waals surface area contributed by atoms with Crippen molar-refractivity contribution < 1.29 is 34.8 Å². The van der Waals surface area contributed by atoms with E-state index in [1.54, 1.807) is 0 Å². The molecule has 1 aliphatic heterocycles. The molecule has 16 heavy (non-hydrogen) atoms. The summed E-state index contributed by atoms with van der Waals surface area (Å²) in [6, 6.07) is 0. The number of thioether (sulfide) groups is 1. The van der Waals surface area contributed by atoms with Gasteiger partial charge in [0.05, 0.1) is 5.75 Å². The van der Waals surface area contributed by atoms with E-state index >= 15 is 0 Å². The number of rotatable bonds is 5. The van der Waals surface area contributed by atoms with Crippen LogP contribution in [-0.2, 0) is 14.3 Å². The molecule has 0 aromatic heterocycles. The molecule has 1 rings (SSSR count). The number of carboxylic acid groups (broad SMARTS) is 1. The van der Waals surface area contributed by atoms with Crippen LogP contribution in [0.25, 0.3) is 0 Å². The molecule has 0 saturated carbocycles. The lowest BCUT2D eigenvalue weighted by molar-refractivity contribution is -0.146. The second-order valence-corrected chi connectivity index (χ2v) is 4.07. The molecule has 0 bridgehead atoms. The number of carbonyl (C=O) groups is 2. The van der Waals surface area contributed by atoms with Gasteiger partial charge >= 0.3 is 11.9 Å². The molecule has 0 saturated heterocycles. The van der Waals surface area contributed by atoms with E-state index < -0.39 is 35.7 Å². The minimum Gasteiger partial charge on any atom is -0.505 e. The van der Waals surface area contributed by atoms with Crippen LogP contribution < -0.4 is 0 Å². The number of aliphatic carboxylic acids is 1. The number of ether oxygens (including phenoxy) is 1. The summed E-state index contributed by atoms with van der Waals surface area (Å²) >= 11 is 0.905. The first-order chi connectivity index (χ1) is 7.43. The average molecular weight is 250 g/mol. The summed E-state index contributed by atoms with van der Waals surface area (Å²) in [5.41, 5.74) is 0. The van der Waals surface area contributed by atoms with Gasteiger partial charge in [0.1, 0.15) is 6.10 Å². The summed E-state index contributed by atoms with van der Waals surface area (Å²) in [5.74, 6) is -4.05. The van der Waals surface area contributed by atoms with E-state index in [2.05, 4.69) is 4.74 Å². The SMILES string of the molecule is O=C(O)CSCC(O)C1OC(=O)C(O)=C1O. The maximum atomic E-state index is 10.8. The van der Waals surface area contributed by atoms with Gasteiger partial charge in [0, 0.05) is 5.75 Å². The van der Waals surface area contributed by atoms with Crippen LogP contribution in [-0.4, -0.2) is 56.1 Å². The van der Waals surface area contributed by atoms with E-state index in [4.69, 9.17) is 10.2 Å². The van der Waals surface area contributed by atoms with Crippen LogP contribution in [0.4, 0.5) is 0 Å². The Morgan fingerprint density at radius 2 is 2.12 bits per heavy atom. The zero-order valence-corrected chi connectivity index (χ0v) is 8.81. The molecule has 2 unspecified atom stereocenters. The third kappa shape index (κ3) is 2.80. The molecule has 0 spiro atoms. The quantitative estimate of drug-likeness (QED) is 0.477. The number of aliphatic hydroxyl groups is 3. The van der Waals surface area contributed by atoms with Gasteiger partial charge in [0.15, 0.2) is 11.9 Å². The van der Waals surface area contributed by atoms with Crippen molar-refractivity contribution in [1.82, 2.24) is 0 Å². The van der Waals surface area contributed by atoms with Crippen molar-refractivity contribution >= 4 is 23.7 Å². The van der Waals surface area contributed by atoms with Crippen molar-refractivity contribution in [3.63, 3.8) is 0 Å². The molecule has 2 atom stereocenters. The van der Waals surface area contributed by atoms with Gasteiger partial charge in [-0.1, -0.05) is 0 Å². The maximum absolute atomic E-state index is 10.8. The Kier molecular flexibility index (Phi) is 4.02. The highest BCUT2D eigenvalue weighted by molar-refractivity contribution is 7.99. The molecular formula is C8H10O7S. The van der Waals surface area contributed by atoms with Crippen LogP contribution in [0.2, 0.25) is 0 Å². The summed E-state index contributed by atoms with van der Waals surface area (Å²) in [6.07, 6.45) is -2.59. The average Bonchev–Trinajstić information content (AvgIpc) is 2.45. The van der Waals surface area contributed by atoms with Gasteiger partial charge in [-0.05, 0) is 0 Å². The van der Waals surface area contributed by atoms with Gasteiger partial charge in [0.2, 0.25) is 5.76 Å². The van der Waals surface area contributed by atoms with Crippen molar-refractivity contribution in [2.45, 2.75) is 12.2 Å². The third-order valence-electron chi connectivity index (χ3n) is 1.80. The number of hydrogen-bond acceptors (Lipinski definition) is 7. The smallest absolute Gasteiger partial charge is 0.377 e.